The number of imide groups is 1. The summed E-state index contributed by atoms with van der Waals surface area (Å²) >= 11 is 0. The number of allylic oxidation sites excluding steroid dienone is 2. The van der Waals surface area contributed by atoms with Crippen LogP contribution in [0.3, 0.4) is 0 Å². The highest BCUT2D eigenvalue weighted by molar-refractivity contribution is 6.06. The standard InChI is InChI=1S/C26H25N3O6/c1-2-34-22-13-17(5-12-21(22)35-15-16-3-10-20(11-4-16)29(32)33)14-27-28-25(30)23-18-6-7-19(9-8-18)24(23)26(28)31/h3-7,10-14,18-19,23-24H,2,8-9,15H2,1H3/b27-14-/t18-,19-,23-,24+/m1/s1. The Kier molecular flexibility index (Phi) is 6.07. The normalized spacial score (nSPS) is 24.8. The third-order valence-electron chi connectivity index (χ3n) is 6.87. The lowest BCUT2D eigenvalue weighted by atomic mass is 9.63. The molecule has 9 nitrogen and oxygen atoms in total. The summed E-state index contributed by atoms with van der Waals surface area (Å²) in [6, 6.07) is 11.4. The summed E-state index contributed by atoms with van der Waals surface area (Å²) in [4.78, 5) is 36.2. The molecule has 3 aliphatic carbocycles. The van der Waals surface area contributed by atoms with Crippen molar-refractivity contribution in [3.63, 3.8) is 0 Å². The highest BCUT2D eigenvalue weighted by Gasteiger charge is 2.56. The monoisotopic (exact) mass is 475 g/mol. The molecule has 35 heavy (non-hydrogen) atoms. The van der Waals surface area contributed by atoms with E-state index in [-0.39, 0.29) is 47.8 Å². The van der Waals surface area contributed by atoms with Crippen LogP contribution in [0.15, 0.2) is 59.7 Å². The molecular formula is C26H25N3O6. The van der Waals surface area contributed by atoms with Gasteiger partial charge in [0.2, 0.25) is 0 Å². The van der Waals surface area contributed by atoms with Crippen LogP contribution in [0.25, 0.3) is 0 Å². The van der Waals surface area contributed by atoms with E-state index in [9.17, 15) is 19.7 Å². The Labute approximate surface area is 202 Å². The maximum atomic E-state index is 12.9. The minimum Gasteiger partial charge on any atom is -0.490 e. The number of rotatable bonds is 8. The molecule has 2 aromatic carbocycles. The second-order valence-electron chi connectivity index (χ2n) is 8.93. The van der Waals surface area contributed by atoms with Crippen LogP contribution < -0.4 is 9.47 Å². The third-order valence-corrected chi connectivity index (χ3v) is 6.87. The summed E-state index contributed by atoms with van der Waals surface area (Å²) in [5.74, 6) is 0.219. The van der Waals surface area contributed by atoms with E-state index in [1.165, 1.54) is 18.3 Å². The van der Waals surface area contributed by atoms with Gasteiger partial charge in [0.05, 0.1) is 29.6 Å². The number of fused-ring (bicyclic) bond motifs is 1. The van der Waals surface area contributed by atoms with Crippen LogP contribution in [0.4, 0.5) is 5.69 Å². The number of non-ortho nitro benzene ring substituents is 1. The highest BCUT2D eigenvalue weighted by Crippen LogP contribution is 2.49. The Balaban J connectivity index is 1.29. The van der Waals surface area contributed by atoms with Gasteiger partial charge in [0.1, 0.15) is 6.61 Å². The van der Waals surface area contributed by atoms with Gasteiger partial charge in [0.15, 0.2) is 11.5 Å². The maximum Gasteiger partial charge on any atom is 0.269 e. The fraction of sp³-hybridized carbons (Fsp3) is 0.346. The van der Waals surface area contributed by atoms with Gasteiger partial charge in [-0.1, -0.05) is 12.2 Å². The first-order chi connectivity index (χ1) is 17.0. The number of nitro groups is 1. The van der Waals surface area contributed by atoms with Crippen molar-refractivity contribution < 1.29 is 24.0 Å². The van der Waals surface area contributed by atoms with E-state index in [1.54, 1.807) is 30.3 Å². The number of amides is 2. The Morgan fingerprint density at radius 2 is 1.66 bits per heavy atom. The van der Waals surface area contributed by atoms with E-state index < -0.39 is 4.92 Å². The van der Waals surface area contributed by atoms with Gasteiger partial charge >= 0.3 is 0 Å². The summed E-state index contributed by atoms with van der Waals surface area (Å²) in [5.41, 5.74) is 1.46. The molecule has 1 saturated carbocycles. The molecule has 2 aromatic rings. The summed E-state index contributed by atoms with van der Waals surface area (Å²) in [6.45, 7) is 2.48. The van der Waals surface area contributed by atoms with Crippen molar-refractivity contribution in [2.45, 2.75) is 26.4 Å². The molecule has 1 heterocycles. The molecule has 9 heteroatoms. The zero-order valence-corrected chi connectivity index (χ0v) is 19.2. The summed E-state index contributed by atoms with van der Waals surface area (Å²) in [6.07, 6.45) is 7.54. The third kappa shape index (κ3) is 4.29. The predicted molar refractivity (Wildman–Crippen MR) is 127 cm³/mol. The number of benzene rings is 2. The van der Waals surface area contributed by atoms with Gasteiger partial charge in [-0.2, -0.15) is 10.1 Å². The van der Waals surface area contributed by atoms with E-state index in [0.29, 0.717) is 23.7 Å². The highest BCUT2D eigenvalue weighted by atomic mass is 16.6. The number of carbonyl (C=O) groups excluding carboxylic acids is 2. The number of hydrogen-bond donors (Lipinski definition) is 0. The van der Waals surface area contributed by atoms with Gasteiger partial charge < -0.3 is 9.47 Å². The first kappa shape index (κ1) is 22.8. The number of nitro benzene ring substituents is 1. The smallest absolute Gasteiger partial charge is 0.269 e. The van der Waals surface area contributed by atoms with Crippen molar-refractivity contribution in [3.8, 4) is 11.5 Å². The van der Waals surface area contributed by atoms with Gasteiger partial charge in [-0.3, -0.25) is 19.7 Å². The second-order valence-corrected chi connectivity index (χ2v) is 8.93. The number of hydrazone groups is 1. The lowest BCUT2D eigenvalue weighted by Gasteiger charge is -2.37. The number of carbonyl (C=O) groups is 2. The second kappa shape index (κ2) is 9.32. The molecule has 180 valence electrons. The van der Waals surface area contributed by atoms with Crippen molar-refractivity contribution in [1.82, 2.24) is 5.01 Å². The quantitative estimate of drug-likeness (QED) is 0.187. The van der Waals surface area contributed by atoms with E-state index in [0.717, 1.165) is 23.4 Å². The Morgan fingerprint density at radius 3 is 2.23 bits per heavy atom. The van der Waals surface area contributed by atoms with E-state index in [2.05, 4.69) is 17.3 Å². The van der Waals surface area contributed by atoms with Crippen molar-refractivity contribution in [2.75, 3.05) is 6.61 Å². The Hall–Kier alpha value is -4.01. The molecule has 2 fully saturated rings. The van der Waals surface area contributed by atoms with Crippen LogP contribution in [0.2, 0.25) is 0 Å². The number of hydrogen-bond acceptors (Lipinski definition) is 7. The summed E-state index contributed by atoms with van der Waals surface area (Å²) in [5, 5.41) is 16.1. The fourth-order valence-corrected chi connectivity index (χ4v) is 5.16. The van der Waals surface area contributed by atoms with Crippen LogP contribution in [0, 0.1) is 33.8 Å². The van der Waals surface area contributed by atoms with Crippen LogP contribution in [0.5, 0.6) is 11.5 Å². The van der Waals surface area contributed by atoms with Crippen molar-refractivity contribution in [1.29, 1.82) is 0 Å². The summed E-state index contributed by atoms with van der Waals surface area (Å²) in [7, 11) is 0. The van der Waals surface area contributed by atoms with E-state index >= 15 is 0 Å². The van der Waals surface area contributed by atoms with Gasteiger partial charge in [-0.15, -0.1) is 0 Å². The van der Waals surface area contributed by atoms with Crippen LogP contribution >= 0.6 is 0 Å². The van der Waals surface area contributed by atoms with E-state index in [1.807, 2.05) is 6.92 Å². The Bertz CT molecular complexity index is 1190. The molecule has 0 spiro atoms. The van der Waals surface area contributed by atoms with Gasteiger partial charge in [0, 0.05) is 12.1 Å². The lowest BCUT2D eigenvalue weighted by molar-refractivity contribution is -0.384. The molecule has 4 aliphatic rings. The fourth-order valence-electron chi connectivity index (χ4n) is 5.16. The first-order valence-corrected chi connectivity index (χ1v) is 11.7. The molecule has 1 saturated heterocycles. The minimum absolute atomic E-state index is 0.0190. The van der Waals surface area contributed by atoms with Gasteiger partial charge in [0.25, 0.3) is 17.5 Å². The van der Waals surface area contributed by atoms with Crippen molar-refractivity contribution >= 4 is 23.7 Å². The molecular weight excluding hydrogens is 450 g/mol. The average Bonchev–Trinajstić information content (AvgIpc) is 3.15. The molecule has 1 aliphatic heterocycles. The minimum atomic E-state index is -0.448. The number of nitrogens with zero attached hydrogens (tertiary/aromatic N) is 3. The molecule has 2 amide bonds. The van der Waals surface area contributed by atoms with Crippen molar-refractivity contribution in [3.05, 3.63) is 75.9 Å². The van der Waals surface area contributed by atoms with Gasteiger partial charge in [-0.05, 0) is 73.1 Å². The lowest BCUT2D eigenvalue weighted by Crippen LogP contribution is -2.38. The van der Waals surface area contributed by atoms with Crippen LogP contribution in [0.1, 0.15) is 30.9 Å². The maximum absolute atomic E-state index is 12.9. The first-order valence-electron chi connectivity index (χ1n) is 11.7. The topological polar surface area (TPSA) is 111 Å². The molecule has 0 N–H and O–H groups in total. The number of ether oxygens (including phenoxy) is 2. The molecule has 0 aromatic heterocycles. The van der Waals surface area contributed by atoms with Crippen LogP contribution in [-0.2, 0) is 16.2 Å². The van der Waals surface area contributed by atoms with E-state index in [4.69, 9.17) is 9.47 Å². The molecule has 4 atom stereocenters. The Morgan fingerprint density at radius 1 is 1.00 bits per heavy atom. The average molecular weight is 476 g/mol. The zero-order valence-electron chi connectivity index (χ0n) is 19.2. The SMILES string of the molecule is CCOc1cc(/C=N\N2C(=O)[C@@H]3[C@H](C2=O)[C@@H]2C=C[C@@H]3CC2)ccc1OCc1ccc([N+](=O)[O-])cc1. The largest absolute Gasteiger partial charge is 0.490 e. The predicted octanol–water partition coefficient (Wildman–Crippen LogP) is 4.10. The summed E-state index contributed by atoms with van der Waals surface area (Å²) < 4.78 is 11.6. The van der Waals surface area contributed by atoms with Crippen LogP contribution in [-0.4, -0.2) is 34.6 Å². The molecule has 6 rings (SSSR count). The van der Waals surface area contributed by atoms with Gasteiger partial charge in [-0.25, -0.2) is 0 Å². The van der Waals surface area contributed by atoms with Crippen molar-refractivity contribution in [2.24, 2.45) is 28.8 Å². The molecule has 0 unspecified atom stereocenters. The molecule has 0 radical (unpaired) electrons. The zero-order chi connectivity index (χ0) is 24.5. The molecule has 2 bridgehead atoms.